The minimum atomic E-state index is 0.564. The van der Waals surface area contributed by atoms with E-state index in [-0.39, 0.29) is 0 Å². The molecule has 2 aromatic heterocycles. The third-order valence-corrected chi connectivity index (χ3v) is 1.66. The zero-order valence-corrected chi connectivity index (χ0v) is 7.91. The highest BCUT2D eigenvalue weighted by atomic mass is 15.0. The van der Waals surface area contributed by atoms with Crippen molar-refractivity contribution in [1.82, 2.24) is 35.2 Å². The summed E-state index contributed by atoms with van der Waals surface area (Å²) >= 11 is 0. The molecular formula is C8H9N7. The minimum absolute atomic E-state index is 0.564. The van der Waals surface area contributed by atoms with Gasteiger partial charge in [0.15, 0.2) is 0 Å². The zero-order valence-electron chi connectivity index (χ0n) is 7.91. The van der Waals surface area contributed by atoms with E-state index in [4.69, 9.17) is 0 Å². The van der Waals surface area contributed by atoms with E-state index >= 15 is 0 Å². The molecule has 0 radical (unpaired) electrons. The number of rotatable bonds is 4. The van der Waals surface area contributed by atoms with Crippen LogP contribution in [0.15, 0.2) is 25.3 Å². The monoisotopic (exact) mass is 203 g/mol. The van der Waals surface area contributed by atoms with Gasteiger partial charge in [0.2, 0.25) is 0 Å². The Morgan fingerprint density at radius 1 is 0.733 bits per heavy atom. The second-order valence-corrected chi connectivity index (χ2v) is 2.71. The van der Waals surface area contributed by atoms with Gasteiger partial charge in [-0.05, 0) is 0 Å². The lowest BCUT2D eigenvalue weighted by Crippen LogP contribution is -2.16. The van der Waals surface area contributed by atoms with Gasteiger partial charge in [-0.3, -0.25) is 0 Å². The Labute approximate surface area is 86.1 Å². The molecule has 0 spiro atoms. The maximum Gasteiger partial charge on any atom is 0.145 e. The molecule has 0 saturated carbocycles. The van der Waals surface area contributed by atoms with Crippen molar-refractivity contribution in [1.29, 1.82) is 0 Å². The van der Waals surface area contributed by atoms with Gasteiger partial charge >= 0.3 is 0 Å². The van der Waals surface area contributed by atoms with Crippen LogP contribution in [-0.4, -0.2) is 29.9 Å². The molecule has 7 heteroatoms. The molecule has 0 aromatic carbocycles. The summed E-state index contributed by atoms with van der Waals surface area (Å²) in [5.41, 5.74) is 0. The number of nitrogens with one attached hydrogen (secondary N) is 1. The van der Waals surface area contributed by atoms with Gasteiger partial charge in [-0.25, -0.2) is 29.9 Å². The Hall–Kier alpha value is -2.02. The van der Waals surface area contributed by atoms with Gasteiger partial charge in [-0.2, -0.15) is 0 Å². The molecule has 1 N–H and O–H groups in total. The van der Waals surface area contributed by atoms with Crippen LogP contribution in [0.1, 0.15) is 11.6 Å². The van der Waals surface area contributed by atoms with Gasteiger partial charge in [-0.1, -0.05) is 0 Å². The van der Waals surface area contributed by atoms with Crippen LogP contribution in [-0.2, 0) is 13.1 Å². The van der Waals surface area contributed by atoms with Crippen molar-refractivity contribution in [3.63, 3.8) is 0 Å². The van der Waals surface area contributed by atoms with Gasteiger partial charge in [0.25, 0.3) is 0 Å². The highest BCUT2D eigenvalue weighted by molar-refractivity contribution is 4.84. The third kappa shape index (κ3) is 2.99. The molecule has 2 rings (SSSR count). The summed E-state index contributed by atoms with van der Waals surface area (Å²) in [6.45, 7) is 1.13. The molecule has 0 aliphatic rings. The molecule has 76 valence electrons. The number of hydrogen-bond acceptors (Lipinski definition) is 7. The maximum atomic E-state index is 3.97. The molecular weight excluding hydrogens is 194 g/mol. The van der Waals surface area contributed by atoms with E-state index < -0.39 is 0 Å². The molecule has 2 aromatic rings. The van der Waals surface area contributed by atoms with Crippen molar-refractivity contribution in [2.24, 2.45) is 0 Å². The summed E-state index contributed by atoms with van der Waals surface area (Å²) in [6, 6.07) is 0. The largest absolute Gasteiger partial charge is 0.303 e. The van der Waals surface area contributed by atoms with E-state index in [0.29, 0.717) is 24.7 Å². The first-order valence-corrected chi connectivity index (χ1v) is 4.37. The average molecular weight is 203 g/mol. The lowest BCUT2D eigenvalue weighted by Gasteiger charge is -2.00. The maximum absolute atomic E-state index is 3.97. The normalized spacial score (nSPS) is 10.1. The van der Waals surface area contributed by atoms with Crippen LogP contribution in [0.2, 0.25) is 0 Å². The summed E-state index contributed by atoms with van der Waals surface area (Å²) in [6.07, 6.45) is 5.86. The summed E-state index contributed by atoms with van der Waals surface area (Å²) in [7, 11) is 0. The second-order valence-electron chi connectivity index (χ2n) is 2.71. The van der Waals surface area contributed by atoms with Crippen molar-refractivity contribution in [2.75, 3.05) is 0 Å². The summed E-state index contributed by atoms with van der Waals surface area (Å²) in [4.78, 5) is 23.3. The van der Waals surface area contributed by atoms with Crippen LogP contribution in [0.4, 0.5) is 0 Å². The lowest BCUT2D eigenvalue weighted by molar-refractivity contribution is 0.631. The van der Waals surface area contributed by atoms with Crippen molar-refractivity contribution in [2.45, 2.75) is 13.1 Å². The fraction of sp³-hybridized carbons (Fsp3) is 0.250. The SMILES string of the molecule is c1ncnc(CNCc2ncncn2)n1. The van der Waals surface area contributed by atoms with E-state index in [0.717, 1.165) is 0 Å². The number of nitrogens with zero attached hydrogens (tertiary/aromatic N) is 6. The number of hydrogen-bond donors (Lipinski definition) is 1. The van der Waals surface area contributed by atoms with Crippen molar-refractivity contribution in [3.8, 4) is 0 Å². The highest BCUT2D eigenvalue weighted by Crippen LogP contribution is 1.87. The lowest BCUT2D eigenvalue weighted by atomic mass is 10.5. The fourth-order valence-corrected chi connectivity index (χ4v) is 0.995. The van der Waals surface area contributed by atoms with Gasteiger partial charge in [0, 0.05) is 0 Å². The summed E-state index contributed by atoms with van der Waals surface area (Å²) < 4.78 is 0. The van der Waals surface area contributed by atoms with E-state index in [2.05, 4.69) is 35.2 Å². The smallest absolute Gasteiger partial charge is 0.145 e. The molecule has 15 heavy (non-hydrogen) atoms. The molecule has 0 unspecified atom stereocenters. The predicted octanol–water partition coefficient (Wildman–Crippen LogP) is -0.654. The van der Waals surface area contributed by atoms with Gasteiger partial charge < -0.3 is 5.32 Å². The molecule has 7 nitrogen and oxygen atoms in total. The Balaban J connectivity index is 1.81. The third-order valence-electron chi connectivity index (χ3n) is 1.66. The summed E-state index contributed by atoms with van der Waals surface area (Å²) in [5.74, 6) is 1.39. The molecule has 0 aliphatic heterocycles. The first-order valence-electron chi connectivity index (χ1n) is 4.37. The van der Waals surface area contributed by atoms with Crippen molar-refractivity contribution < 1.29 is 0 Å². The first kappa shape index (κ1) is 9.53. The van der Waals surface area contributed by atoms with Crippen LogP contribution in [0.25, 0.3) is 0 Å². The minimum Gasteiger partial charge on any atom is -0.303 e. The van der Waals surface area contributed by atoms with E-state index in [1.54, 1.807) is 0 Å². The Morgan fingerprint density at radius 2 is 1.13 bits per heavy atom. The molecule has 0 atom stereocenters. The van der Waals surface area contributed by atoms with Crippen LogP contribution >= 0.6 is 0 Å². The molecule has 0 bridgehead atoms. The highest BCUT2D eigenvalue weighted by Gasteiger charge is 1.96. The zero-order chi connectivity index (χ0) is 10.3. The van der Waals surface area contributed by atoms with Crippen LogP contribution in [0.5, 0.6) is 0 Å². The average Bonchev–Trinajstić information content (AvgIpc) is 2.32. The van der Waals surface area contributed by atoms with E-state index in [9.17, 15) is 0 Å². The quantitative estimate of drug-likeness (QED) is 0.705. The van der Waals surface area contributed by atoms with Crippen molar-refractivity contribution in [3.05, 3.63) is 37.0 Å². The molecule has 0 aliphatic carbocycles. The first-order chi connectivity index (χ1) is 7.45. The van der Waals surface area contributed by atoms with Crippen LogP contribution in [0, 0.1) is 0 Å². The molecule has 0 fully saturated rings. The van der Waals surface area contributed by atoms with E-state index in [1.165, 1.54) is 25.3 Å². The molecule has 0 amide bonds. The van der Waals surface area contributed by atoms with Gasteiger partial charge in [-0.15, -0.1) is 0 Å². The second kappa shape index (κ2) is 5.01. The Morgan fingerprint density at radius 3 is 1.53 bits per heavy atom. The Bertz CT molecular complexity index is 351. The van der Waals surface area contributed by atoms with Crippen LogP contribution < -0.4 is 5.32 Å². The van der Waals surface area contributed by atoms with Crippen LogP contribution in [0.3, 0.4) is 0 Å². The van der Waals surface area contributed by atoms with Gasteiger partial charge in [0.05, 0.1) is 13.1 Å². The van der Waals surface area contributed by atoms with Gasteiger partial charge in [0.1, 0.15) is 37.0 Å². The molecule has 0 saturated heterocycles. The summed E-state index contributed by atoms with van der Waals surface area (Å²) in [5, 5.41) is 3.11. The Kier molecular flexibility index (Phi) is 3.18. The van der Waals surface area contributed by atoms with E-state index in [1.807, 2.05) is 0 Å². The molecule has 2 heterocycles. The van der Waals surface area contributed by atoms with Crippen molar-refractivity contribution >= 4 is 0 Å². The fourth-order valence-electron chi connectivity index (χ4n) is 0.995. The standard InChI is InChI=1S/C8H9N7/c1(7-12-3-10-4-13-7)9-2-8-14-5-11-6-15-8/h3-6,9H,1-2H2. The number of aromatic nitrogens is 6. The predicted molar refractivity (Wildman–Crippen MR) is 50.2 cm³/mol. The topological polar surface area (TPSA) is 89.4 Å².